The molecule has 0 spiro atoms. The monoisotopic (exact) mass is 289 g/mol. The first-order chi connectivity index (χ1) is 9.91. The average Bonchev–Trinajstić information content (AvgIpc) is 2.94. The van der Waals surface area contributed by atoms with Gasteiger partial charge in [0.1, 0.15) is 11.5 Å². The molecule has 1 aromatic heterocycles. The van der Waals surface area contributed by atoms with Gasteiger partial charge in [-0.2, -0.15) is 0 Å². The Morgan fingerprint density at radius 3 is 2.43 bits per heavy atom. The van der Waals surface area contributed by atoms with E-state index in [0.29, 0.717) is 12.3 Å². The van der Waals surface area contributed by atoms with Gasteiger partial charge in [0.05, 0.1) is 18.7 Å². The first-order valence-corrected chi connectivity index (χ1v) is 6.69. The number of carboxylic acid groups (broad SMARTS) is 1. The highest BCUT2D eigenvalue weighted by Crippen LogP contribution is 2.23. The first kappa shape index (κ1) is 15.3. The fourth-order valence-corrected chi connectivity index (χ4v) is 1.79. The van der Waals surface area contributed by atoms with Gasteiger partial charge in [-0.15, -0.1) is 0 Å². The van der Waals surface area contributed by atoms with E-state index < -0.39 is 5.97 Å². The Kier molecular flexibility index (Phi) is 4.45. The van der Waals surface area contributed by atoms with Crippen LogP contribution in [-0.4, -0.2) is 28.3 Å². The van der Waals surface area contributed by atoms with E-state index in [9.17, 15) is 9.90 Å². The number of hydrogen-bond acceptors (Lipinski definition) is 4. The van der Waals surface area contributed by atoms with Crippen LogP contribution in [0.3, 0.4) is 0 Å². The zero-order chi connectivity index (χ0) is 15.5. The van der Waals surface area contributed by atoms with Crippen LogP contribution in [0.1, 0.15) is 30.0 Å². The van der Waals surface area contributed by atoms with Gasteiger partial charge in [0, 0.05) is 11.1 Å². The molecular weight excluding hydrogens is 270 g/mol. The molecule has 0 saturated carbocycles. The van der Waals surface area contributed by atoms with Crippen molar-refractivity contribution in [3.63, 3.8) is 0 Å². The van der Waals surface area contributed by atoms with Crippen LogP contribution in [0.2, 0.25) is 0 Å². The standard InChI is InChI=1S/C16H19NO4/c1-16(2,10-18)17-9-13-7-8-14(21-13)11-3-5-12(6-4-11)15(19)20/h3-8,17-18H,9-10H2,1-2H3,(H,19,20). The van der Waals surface area contributed by atoms with Gasteiger partial charge in [-0.25, -0.2) is 4.79 Å². The van der Waals surface area contributed by atoms with Crippen molar-refractivity contribution in [1.82, 2.24) is 5.32 Å². The van der Waals surface area contributed by atoms with Crippen LogP contribution in [0, 0.1) is 0 Å². The molecule has 2 aromatic rings. The van der Waals surface area contributed by atoms with Crippen molar-refractivity contribution in [3.8, 4) is 11.3 Å². The molecule has 0 fully saturated rings. The fourth-order valence-electron chi connectivity index (χ4n) is 1.79. The molecule has 5 nitrogen and oxygen atoms in total. The van der Waals surface area contributed by atoms with Crippen molar-refractivity contribution in [3.05, 3.63) is 47.7 Å². The van der Waals surface area contributed by atoms with Gasteiger partial charge in [-0.05, 0) is 38.1 Å². The zero-order valence-corrected chi connectivity index (χ0v) is 12.1. The lowest BCUT2D eigenvalue weighted by Crippen LogP contribution is -2.41. The summed E-state index contributed by atoms with van der Waals surface area (Å²) >= 11 is 0. The Morgan fingerprint density at radius 2 is 1.86 bits per heavy atom. The molecule has 1 heterocycles. The van der Waals surface area contributed by atoms with Crippen molar-refractivity contribution < 1.29 is 19.4 Å². The predicted molar refractivity (Wildman–Crippen MR) is 79.1 cm³/mol. The summed E-state index contributed by atoms with van der Waals surface area (Å²) < 4.78 is 5.72. The summed E-state index contributed by atoms with van der Waals surface area (Å²) in [6, 6.07) is 10.2. The highest BCUT2D eigenvalue weighted by molar-refractivity contribution is 5.88. The number of aromatic carboxylic acids is 1. The third-order valence-corrected chi connectivity index (χ3v) is 3.21. The molecular formula is C16H19NO4. The van der Waals surface area contributed by atoms with Gasteiger partial charge in [-0.3, -0.25) is 0 Å². The summed E-state index contributed by atoms with van der Waals surface area (Å²) in [7, 11) is 0. The summed E-state index contributed by atoms with van der Waals surface area (Å²) in [5, 5.41) is 21.2. The maximum absolute atomic E-state index is 10.8. The van der Waals surface area contributed by atoms with E-state index in [4.69, 9.17) is 9.52 Å². The molecule has 0 aliphatic rings. The lowest BCUT2D eigenvalue weighted by molar-refractivity contribution is 0.0697. The maximum Gasteiger partial charge on any atom is 0.335 e. The molecule has 0 aliphatic carbocycles. The highest BCUT2D eigenvalue weighted by atomic mass is 16.4. The van der Waals surface area contributed by atoms with Crippen LogP contribution < -0.4 is 5.32 Å². The molecule has 0 unspecified atom stereocenters. The van der Waals surface area contributed by atoms with Gasteiger partial charge in [-0.1, -0.05) is 12.1 Å². The van der Waals surface area contributed by atoms with Crippen LogP contribution in [0.4, 0.5) is 0 Å². The van der Waals surface area contributed by atoms with E-state index in [0.717, 1.165) is 11.3 Å². The Hall–Kier alpha value is -2.11. The molecule has 3 N–H and O–H groups in total. The summed E-state index contributed by atoms with van der Waals surface area (Å²) in [5.41, 5.74) is 0.709. The molecule has 112 valence electrons. The Balaban J connectivity index is 2.07. The van der Waals surface area contributed by atoms with Crippen molar-refractivity contribution in [1.29, 1.82) is 0 Å². The highest BCUT2D eigenvalue weighted by Gasteiger charge is 2.16. The van der Waals surface area contributed by atoms with Crippen molar-refractivity contribution in [2.75, 3.05) is 6.61 Å². The van der Waals surface area contributed by atoms with Gasteiger partial charge >= 0.3 is 5.97 Å². The second kappa shape index (κ2) is 6.11. The summed E-state index contributed by atoms with van der Waals surface area (Å²) in [5.74, 6) is 0.497. The van der Waals surface area contributed by atoms with Crippen molar-refractivity contribution >= 4 is 5.97 Å². The number of aliphatic hydroxyl groups is 1. The Bertz CT molecular complexity index is 613. The van der Waals surface area contributed by atoms with Crippen LogP contribution in [0.5, 0.6) is 0 Å². The predicted octanol–water partition coefficient (Wildman–Crippen LogP) is 2.51. The Labute approximate surface area is 123 Å². The number of furan rings is 1. The van der Waals surface area contributed by atoms with Crippen molar-refractivity contribution in [2.24, 2.45) is 0 Å². The van der Waals surface area contributed by atoms with Gasteiger partial charge in [0.15, 0.2) is 0 Å². The van der Waals surface area contributed by atoms with Crippen molar-refractivity contribution in [2.45, 2.75) is 25.9 Å². The molecule has 1 aromatic carbocycles. The minimum absolute atomic E-state index is 0.0389. The van der Waals surface area contributed by atoms with Crippen LogP contribution in [-0.2, 0) is 6.54 Å². The summed E-state index contributed by atoms with van der Waals surface area (Å²) in [6.07, 6.45) is 0. The van der Waals surface area contributed by atoms with Gasteiger partial charge < -0.3 is 19.9 Å². The van der Waals surface area contributed by atoms with Crippen LogP contribution in [0.15, 0.2) is 40.8 Å². The summed E-state index contributed by atoms with van der Waals surface area (Å²) in [6.45, 7) is 4.36. The summed E-state index contributed by atoms with van der Waals surface area (Å²) in [4.78, 5) is 10.8. The second-order valence-electron chi connectivity index (χ2n) is 5.54. The number of carbonyl (C=O) groups is 1. The molecule has 21 heavy (non-hydrogen) atoms. The number of aliphatic hydroxyl groups excluding tert-OH is 1. The third-order valence-electron chi connectivity index (χ3n) is 3.21. The molecule has 0 saturated heterocycles. The number of rotatable bonds is 6. The van der Waals surface area contributed by atoms with Gasteiger partial charge in [0.2, 0.25) is 0 Å². The van der Waals surface area contributed by atoms with E-state index in [1.807, 2.05) is 26.0 Å². The molecule has 0 radical (unpaired) electrons. The van der Waals surface area contributed by atoms with Gasteiger partial charge in [0.25, 0.3) is 0 Å². The molecule has 0 bridgehead atoms. The van der Waals surface area contributed by atoms with E-state index >= 15 is 0 Å². The van der Waals surface area contributed by atoms with Crippen LogP contribution in [0.25, 0.3) is 11.3 Å². The molecule has 0 amide bonds. The van der Waals surface area contributed by atoms with E-state index in [1.165, 1.54) is 0 Å². The number of nitrogens with one attached hydrogen (secondary N) is 1. The minimum Gasteiger partial charge on any atom is -0.478 e. The average molecular weight is 289 g/mol. The number of hydrogen-bond donors (Lipinski definition) is 3. The lowest BCUT2D eigenvalue weighted by Gasteiger charge is -2.22. The molecule has 0 atom stereocenters. The number of benzene rings is 1. The lowest BCUT2D eigenvalue weighted by atomic mass is 10.1. The minimum atomic E-state index is -0.947. The maximum atomic E-state index is 10.8. The van der Waals surface area contributed by atoms with E-state index in [1.54, 1.807) is 24.3 Å². The number of carboxylic acids is 1. The Morgan fingerprint density at radius 1 is 1.19 bits per heavy atom. The molecule has 5 heteroatoms. The second-order valence-corrected chi connectivity index (χ2v) is 5.54. The normalized spacial score (nSPS) is 11.6. The van der Waals surface area contributed by atoms with Crippen LogP contribution >= 0.6 is 0 Å². The smallest absolute Gasteiger partial charge is 0.335 e. The zero-order valence-electron chi connectivity index (χ0n) is 12.1. The topological polar surface area (TPSA) is 82.7 Å². The molecule has 0 aliphatic heterocycles. The third kappa shape index (κ3) is 3.93. The fraction of sp³-hybridized carbons (Fsp3) is 0.312. The quantitative estimate of drug-likeness (QED) is 0.761. The molecule has 2 rings (SSSR count). The first-order valence-electron chi connectivity index (χ1n) is 6.69. The van der Waals surface area contributed by atoms with E-state index in [2.05, 4.69) is 5.32 Å². The largest absolute Gasteiger partial charge is 0.478 e. The van der Waals surface area contributed by atoms with E-state index in [-0.39, 0.29) is 17.7 Å². The SMILES string of the molecule is CC(C)(CO)NCc1ccc(-c2ccc(C(=O)O)cc2)o1.